The molecule has 0 amide bonds. The van der Waals surface area contributed by atoms with Crippen molar-refractivity contribution in [1.82, 2.24) is 0 Å². The number of alkyl halides is 3. The summed E-state index contributed by atoms with van der Waals surface area (Å²) in [6.07, 6.45) is -6.45. The fourth-order valence-electron chi connectivity index (χ4n) is 1.54. The molecule has 19 heavy (non-hydrogen) atoms. The summed E-state index contributed by atoms with van der Waals surface area (Å²) in [7, 11) is 0. The molecule has 3 atom stereocenters. The van der Waals surface area contributed by atoms with Crippen molar-refractivity contribution in [2.45, 2.75) is 39.8 Å². The zero-order valence-electron chi connectivity index (χ0n) is 11.2. The molecule has 0 aliphatic rings. The minimum atomic E-state index is -3.20. The largest absolute Gasteiger partial charge is 0.466 e. The second-order valence-electron chi connectivity index (χ2n) is 3.99. The van der Waals surface area contributed by atoms with Crippen molar-refractivity contribution in [3.05, 3.63) is 0 Å². The molecule has 7 heteroatoms. The third-order valence-electron chi connectivity index (χ3n) is 2.60. The molecule has 0 N–H and O–H groups in total. The average molecular weight is 284 g/mol. The normalized spacial score (nSPS) is 15.7. The zero-order chi connectivity index (χ0) is 15.0. The summed E-state index contributed by atoms with van der Waals surface area (Å²) in [4.78, 5) is 23.1. The number of rotatable bonds is 8. The lowest BCUT2D eigenvalue weighted by Crippen LogP contribution is -2.34. The van der Waals surface area contributed by atoms with Gasteiger partial charge in [0.05, 0.1) is 25.0 Å². The second kappa shape index (κ2) is 8.77. The van der Waals surface area contributed by atoms with E-state index in [0.29, 0.717) is 0 Å². The third kappa shape index (κ3) is 5.94. The van der Waals surface area contributed by atoms with Crippen molar-refractivity contribution in [3.8, 4) is 0 Å². The number of carbonyl (C=O) groups is 2. The van der Waals surface area contributed by atoms with Crippen LogP contribution >= 0.6 is 0 Å². The number of hydrogen-bond donors (Lipinski definition) is 0. The van der Waals surface area contributed by atoms with Crippen LogP contribution in [0.5, 0.6) is 0 Å². The SMILES string of the molecule is CCOC(=O)C(C)C(CC(F)C(F)F)C(=O)OCC. The van der Waals surface area contributed by atoms with Crippen LogP contribution in [0.25, 0.3) is 0 Å². The van der Waals surface area contributed by atoms with Crippen LogP contribution in [0, 0.1) is 11.8 Å². The molecule has 0 bridgehead atoms. The van der Waals surface area contributed by atoms with Gasteiger partial charge in [-0.1, -0.05) is 6.92 Å². The molecule has 0 aliphatic carbocycles. The fourth-order valence-corrected chi connectivity index (χ4v) is 1.54. The van der Waals surface area contributed by atoms with E-state index in [1.807, 2.05) is 0 Å². The molecule has 0 aromatic carbocycles. The van der Waals surface area contributed by atoms with E-state index < -0.39 is 42.8 Å². The van der Waals surface area contributed by atoms with Gasteiger partial charge in [-0.2, -0.15) is 0 Å². The highest BCUT2D eigenvalue weighted by Crippen LogP contribution is 2.25. The number of ether oxygens (including phenoxy) is 2. The summed E-state index contributed by atoms with van der Waals surface area (Å²) < 4.78 is 46.9. The summed E-state index contributed by atoms with van der Waals surface area (Å²) in [5.74, 6) is -3.91. The van der Waals surface area contributed by atoms with Crippen molar-refractivity contribution in [2.24, 2.45) is 11.8 Å². The first-order chi connectivity index (χ1) is 8.84. The Labute approximate surface area is 110 Å². The molecule has 3 unspecified atom stereocenters. The van der Waals surface area contributed by atoms with Gasteiger partial charge in [0.25, 0.3) is 6.43 Å². The van der Waals surface area contributed by atoms with Crippen LogP contribution in [0.4, 0.5) is 13.2 Å². The van der Waals surface area contributed by atoms with E-state index in [2.05, 4.69) is 4.74 Å². The highest BCUT2D eigenvalue weighted by Gasteiger charge is 2.36. The Morgan fingerprint density at radius 1 is 1.00 bits per heavy atom. The van der Waals surface area contributed by atoms with E-state index in [0.717, 1.165) is 0 Å². The van der Waals surface area contributed by atoms with Gasteiger partial charge in [0.1, 0.15) is 0 Å². The highest BCUT2D eigenvalue weighted by atomic mass is 19.3. The minimum Gasteiger partial charge on any atom is -0.466 e. The van der Waals surface area contributed by atoms with Gasteiger partial charge in [0.15, 0.2) is 6.17 Å². The van der Waals surface area contributed by atoms with Gasteiger partial charge in [0.2, 0.25) is 0 Å². The van der Waals surface area contributed by atoms with Gasteiger partial charge in [-0.25, -0.2) is 13.2 Å². The molecule has 0 aromatic heterocycles. The molecule has 0 aromatic rings. The third-order valence-corrected chi connectivity index (χ3v) is 2.60. The lowest BCUT2D eigenvalue weighted by Gasteiger charge is -2.22. The summed E-state index contributed by atoms with van der Waals surface area (Å²) >= 11 is 0. The van der Waals surface area contributed by atoms with E-state index in [9.17, 15) is 22.8 Å². The Morgan fingerprint density at radius 3 is 1.89 bits per heavy atom. The van der Waals surface area contributed by atoms with E-state index in [4.69, 9.17) is 4.74 Å². The second-order valence-corrected chi connectivity index (χ2v) is 3.99. The maximum Gasteiger partial charge on any atom is 0.309 e. The van der Waals surface area contributed by atoms with E-state index in [1.54, 1.807) is 6.92 Å². The maximum absolute atomic E-state index is 13.1. The quantitative estimate of drug-likeness (QED) is 0.642. The molecule has 0 fully saturated rings. The lowest BCUT2D eigenvalue weighted by atomic mass is 9.89. The van der Waals surface area contributed by atoms with Gasteiger partial charge in [-0.15, -0.1) is 0 Å². The molecule has 0 radical (unpaired) electrons. The van der Waals surface area contributed by atoms with Gasteiger partial charge >= 0.3 is 11.9 Å². The molecule has 0 aliphatic heterocycles. The monoisotopic (exact) mass is 284 g/mol. The Balaban J connectivity index is 4.84. The average Bonchev–Trinajstić information content (AvgIpc) is 2.35. The van der Waals surface area contributed by atoms with E-state index in [1.165, 1.54) is 13.8 Å². The topological polar surface area (TPSA) is 52.6 Å². The number of esters is 2. The first kappa shape index (κ1) is 17.7. The predicted molar refractivity (Wildman–Crippen MR) is 61.4 cm³/mol. The van der Waals surface area contributed by atoms with E-state index >= 15 is 0 Å². The molecular weight excluding hydrogens is 265 g/mol. The highest BCUT2D eigenvalue weighted by molar-refractivity contribution is 5.81. The van der Waals surface area contributed by atoms with Crippen LogP contribution in [0.2, 0.25) is 0 Å². The Kier molecular flexibility index (Phi) is 8.18. The number of halogens is 3. The molecule has 0 heterocycles. The van der Waals surface area contributed by atoms with Crippen LogP contribution in [-0.4, -0.2) is 37.7 Å². The first-order valence-corrected chi connectivity index (χ1v) is 6.10. The van der Waals surface area contributed by atoms with Gasteiger partial charge < -0.3 is 9.47 Å². The maximum atomic E-state index is 13.1. The van der Waals surface area contributed by atoms with Crippen molar-refractivity contribution < 1.29 is 32.2 Å². The molecule has 0 rings (SSSR count). The van der Waals surface area contributed by atoms with Crippen molar-refractivity contribution in [2.75, 3.05) is 13.2 Å². The Hall–Kier alpha value is -1.27. The van der Waals surface area contributed by atoms with Crippen LogP contribution in [0.15, 0.2) is 0 Å². The van der Waals surface area contributed by atoms with E-state index in [-0.39, 0.29) is 13.2 Å². The fraction of sp³-hybridized carbons (Fsp3) is 0.833. The van der Waals surface area contributed by atoms with Crippen LogP contribution in [0.1, 0.15) is 27.2 Å². The summed E-state index contributed by atoms with van der Waals surface area (Å²) in [5, 5.41) is 0. The first-order valence-electron chi connectivity index (χ1n) is 6.10. The van der Waals surface area contributed by atoms with Gasteiger partial charge in [0, 0.05) is 0 Å². The molecule has 4 nitrogen and oxygen atoms in total. The predicted octanol–water partition coefficient (Wildman–Crippen LogP) is 2.36. The molecular formula is C12H19F3O4. The van der Waals surface area contributed by atoms with Gasteiger partial charge in [-0.3, -0.25) is 9.59 Å². The summed E-state index contributed by atoms with van der Waals surface area (Å²) in [6, 6.07) is 0. The number of carbonyl (C=O) groups excluding carboxylic acids is 2. The molecule has 0 spiro atoms. The molecule has 0 saturated heterocycles. The van der Waals surface area contributed by atoms with Crippen molar-refractivity contribution in [3.63, 3.8) is 0 Å². The zero-order valence-corrected chi connectivity index (χ0v) is 11.2. The smallest absolute Gasteiger partial charge is 0.309 e. The standard InChI is InChI=1S/C12H19F3O4/c1-4-18-11(16)7(3)8(12(17)19-5-2)6-9(13)10(14)15/h7-10H,4-6H2,1-3H3. The van der Waals surface area contributed by atoms with Crippen molar-refractivity contribution >= 4 is 11.9 Å². The summed E-state index contributed by atoms with van der Waals surface area (Å²) in [6.45, 7) is 4.55. The molecule has 0 saturated carbocycles. The summed E-state index contributed by atoms with van der Waals surface area (Å²) in [5.41, 5.74) is 0. The Morgan fingerprint density at radius 2 is 1.47 bits per heavy atom. The van der Waals surface area contributed by atoms with Crippen LogP contribution < -0.4 is 0 Å². The van der Waals surface area contributed by atoms with Gasteiger partial charge in [-0.05, 0) is 20.3 Å². The van der Waals surface area contributed by atoms with Crippen LogP contribution in [-0.2, 0) is 19.1 Å². The van der Waals surface area contributed by atoms with Crippen molar-refractivity contribution in [1.29, 1.82) is 0 Å². The number of hydrogen-bond acceptors (Lipinski definition) is 4. The molecule has 112 valence electrons. The minimum absolute atomic E-state index is 0.0243. The van der Waals surface area contributed by atoms with Crippen LogP contribution in [0.3, 0.4) is 0 Å². The Bertz CT molecular complexity index is 297. The lowest BCUT2D eigenvalue weighted by molar-refractivity contribution is -0.161.